The van der Waals surface area contributed by atoms with Crippen LogP contribution >= 0.6 is 0 Å². The molecule has 1 aliphatic rings. The maximum atomic E-state index is 11.9. The van der Waals surface area contributed by atoms with Crippen LogP contribution in [0.3, 0.4) is 0 Å². The van der Waals surface area contributed by atoms with Crippen LogP contribution in [0.25, 0.3) is 32.7 Å². The van der Waals surface area contributed by atoms with Gasteiger partial charge in [0.05, 0.1) is 44.9 Å². The minimum absolute atomic E-state index is 0.150. The van der Waals surface area contributed by atoms with Gasteiger partial charge in [0, 0.05) is 65.6 Å². The quantitative estimate of drug-likeness (QED) is 0.236. The second-order valence-corrected chi connectivity index (χ2v) is 18.5. The molecule has 0 saturated heterocycles. The van der Waals surface area contributed by atoms with Gasteiger partial charge in [-0.25, -0.2) is 25.3 Å². The van der Waals surface area contributed by atoms with E-state index in [4.69, 9.17) is 5.26 Å². The van der Waals surface area contributed by atoms with Crippen molar-refractivity contribution in [2.45, 2.75) is 48.5 Å². The summed E-state index contributed by atoms with van der Waals surface area (Å²) >= 11 is 0. The zero-order valence-corrected chi connectivity index (χ0v) is 31.7. The molecule has 0 saturated carbocycles. The van der Waals surface area contributed by atoms with Crippen molar-refractivity contribution >= 4 is 68.1 Å². The van der Waals surface area contributed by atoms with E-state index in [0.29, 0.717) is 21.7 Å². The van der Waals surface area contributed by atoms with E-state index < -0.39 is 29.5 Å². The first-order chi connectivity index (χ1) is 23.9. The lowest BCUT2D eigenvalue weighted by Crippen LogP contribution is -2.23. The van der Waals surface area contributed by atoms with Gasteiger partial charge in [0.2, 0.25) is 0 Å². The number of hydrogen-bond acceptors (Lipinski definition) is 9. The number of sulfone groups is 3. The molecular formula is C36H40N6O6S3. The van der Waals surface area contributed by atoms with Crippen molar-refractivity contribution in [3.05, 3.63) is 89.9 Å². The Balaban J connectivity index is 0.000000151. The molecule has 7 rings (SSSR count). The number of fused-ring (bicyclic) bond motifs is 3. The molecule has 3 aromatic heterocycles. The van der Waals surface area contributed by atoms with Gasteiger partial charge in [-0.2, -0.15) is 5.26 Å². The molecule has 2 N–H and O–H groups in total. The highest BCUT2D eigenvalue weighted by atomic mass is 32.2. The van der Waals surface area contributed by atoms with Crippen LogP contribution in [-0.2, 0) is 42.6 Å². The van der Waals surface area contributed by atoms with Crippen LogP contribution in [0.4, 0.5) is 0 Å². The van der Waals surface area contributed by atoms with E-state index in [2.05, 4.69) is 15.3 Å². The van der Waals surface area contributed by atoms with E-state index >= 15 is 0 Å². The van der Waals surface area contributed by atoms with Crippen LogP contribution in [0.1, 0.15) is 16.7 Å². The monoisotopic (exact) mass is 748 g/mol. The SMILES string of the molecule is Cc1cccc2c(S(C)(=O)=O)c[nH]c12.Cc1cccc2c(S(C)(=O)=O)cn(CC#N)c12.Cc1cccc2c(S(C)(=O)=O)cn(CC3=NCCN3)c12. The average molecular weight is 749 g/mol. The van der Waals surface area contributed by atoms with E-state index in [1.165, 1.54) is 25.0 Å². The highest BCUT2D eigenvalue weighted by Crippen LogP contribution is 2.29. The van der Waals surface area contributed by atoms with Gasteiger partial charge in [0.1, 0.15) is 12.4 Å². The minimum Gasteiger partial charge on any atom is -0.370 e. The Morgan fingerprint density at radius 3 is 1.69 bits per heavy atom. The van der Waals surface area contributed by atoms with Crippen molar-refractivity contribution in [2.24, 2.45) is 4.99 Å². The molecule has 0 amide bonds. The first-order valence-electron chi connectivity index (χ1n) is 15.9. The number of nitrogens with one attached hydrogen (secondary N) is 2. The standard InChI is InChI=1S/C14H17N3O2S.C12H12N2O2S.C10H11NO2S/c1-10-4-3-5-11-12(20(2,18)19)8-17(14(10)11)9-13-15-6-7-16-13;1-9-4-3-5-10-11(17(2,15)16)8-14(7-6-13)12(9)10;1-7-4-3-5-8-9(14(2,12)13)6-11-10(7)8/h3-5,8H,6-7,9H2,1-2H3,(H,15,16);3-5,8H,7H2,1-2H3;3-6,11H,1-2H3. The number of para-hydroxylation sites is 3. The van der Waals surface area contributed by atoms with Crippen LogP contribution in [0.2, 0.25) is 0 Å². The van der Waals surface area contributed by atoms with E-state index in [1.807, 2.05) is 79.9 Å². The van der Waals surface area contributed by atoms with Crippen molar-refractivity contribution < 1.29 is 25.3 Å². The van der Waals surface area contributed by atoms with E-state index in [-0.39, 0.29) is 11.4 Å². The number of aromatic nitrogens is 3. The maximum absolute atomic E-state index is 11.9. The zero-order chi connectivity index (χ0) is 37.3. The van der Waals surface area contributed by atoms with Crippen molar-refractivity contribution in [1.29, 1.82) is 5.26 Å². The highest BCUT2D eigenvalue weighted by molar-refractivity contribution is 7.91. The topological polar surface area (TPSA) is 176 Å². The lowest BCUT2D eigenvalue weighted by molar-refractivity contribution is 0.600. The molecular weight excluding hydrogens is 709 g/mol. The highest BCUT2D eigenvalue weighted by Gasteiger charge is 2.20. The normalized spacial score (nSPS) is 13.2. The Kier molecular flexibility index (Phi) is 10.5. The van der Waals surface area contributed by atoms with Gasteiger partial charge in [-0.1, -0.05) is 54.6 Å². The number of hydrogen-bond donors (Lipinski definition) is 2. The summed E-state index contributed by atoms with van der Waals surface area (Å²) in [7, 11) is -9.65. The third-order valence-electron chi connectivity index (χ3n) is 8.52. The predicted molar refractivity (Wildman–Crippen MR) is 202 cm³/mol. The Bertz CT molecular complexity index is 2700. The number of aryl methyl sites for hydroxylation is 3. The molecule has 12 nitrogen and oxygen atoms in total. The summed E-state index contributed by atoms with van der Waals surface area (Å²) < 4.78 is 73.7. The Morgan fingerprint density at radius 1 is 0.706 bits per heavy atom. The van der Waals surface area contributed by atoms with Gasteiger partial charge in [0.25, 0.3) is 0 Å². The van der Waals surface area contributed by atoms with E-state index in [1.54, 1.807) is 23.0 Å². The molecule has 15 heteroatoms. The van der Waals surface area contributed by atoms with Crippen molar-refractivity contribution in [1.82, 2.24) is 19.4 Å². The molecule has 3 aromatic carbocycles. The molecule has 0 aliphatic carbocycles. The number of benzene rings is 3. The van der Waals surface area contributed by atoms with Crippen LogP contribution in [-0.4, -0.2) is 77.1 Å². The summed E-state index contributed by atoms with van der Waals surface area (Å²) in [6.07, 6.45) is 8.46. The van der Waals surface area contributed by atoms with Crippen LogP contribution in [0, 0.1) is 32.1 Å². The Hall–Kier alpha value is -4.91. The molecule has 0 spiro atoms. The fourth-order valence-electron chi connectivity index (χ4n) is 6.25. The first kappa shape index (κ1) is 37.3. The summed E-state index contributed by atoms with van der Waals surface area (Å²) in [6.45, 7) is 8.22. The summed E-state index contributed by atoms with van der Waals surface area (Å²) in [4.78, 5) is 8.40. The molecule has 268 valence electrons. The van der Waals surface area contributed by atoms with Crippen molar-refractivity contribution in [3.63, 3.8) is 0 Å². The summed E-state index contributed by atoms with van der Waals surface area (Å²) in [5.41, 5.74) is 5.76. The van der Waals surface area contributed by atoms with Gasteiger partial charge in [-0.15, -0.1) is 0 Å². The molecule has 0 atom stereocenters. The number of aromatic amines is 1. The minimum atomic E-state index is -3.27. The molecule has 0 fully saturated rings. The third-order valence-corrected chi connectivity index (χ3v) is 11.9. The van der Waals surface area contributed by atoms with Gasteiger partial charge in [-0.05, 0) is 37.5 Å². The molecule has 51 heavy (non-hydrogen) atoms. The molecule has 6 aromatic rings. The van der Waals surface area contributed by atoms with Crippen LogP contribution in [0.15, 0.2) is 92.9 Å². The van der Waals surface area contributed by atoms with Crippen LogP contribution < -0.4 is 5.32 Å². The van der Waals surface area contributed by atoms with Gasteiger partial charge >= 0.3 is 0 Å². The lowest BCUT2D eigenvalue weighted by Gasteiger charge is -2.07. The average Bonchev–Trinajstić information content (AvgIpc) is 3.84. The lowest BCUT2D eigenvalue weighted by atomic mass is 10.2. The Labute approximate surface area is 298 Å². The second kappa shape index (κ2) is 14.4. The van der Waals surface area contributed by atoms with Crippen LogP contribution in [0.5, 0.6) is 0 Å². The smallest absolute Gasteiger partial charge is 0.177 e. The number of rotatable bonds is 6. The van der Waals surface area contributed by atoms with Gasteiger partial charge in [0.15, 0.2) is 29.5 Å². The fourth-order valence-corrected chi connectivity index (χ4v) is 8.86. The second-order valence-electron chi connectivity index (χ2n) is 12.6. The summed E-state index contributed by atoms with van der Waals surface area (Å²) in [5, 5.41) is 14.2. The molecule has 1 aliphatic heterocycles. The van der Waals surface area contributed by atoms with E-state index in [9.17, 15) is 25.3 Å². The third kappa shape index (κ3) is 8.03. The largest absolute Gasteiger partial charge is 0.370 e. The van der Waals surface area contributed by atoms with Crippen molar-refractivity contribution in [2.75, 3.05) is 31.9 Å². The molecule has 0 radical (unpaired) electrons. The number of nitriles is 1. The van der Waals surface area contributed by atoms with Crippen molar-refractivity contribution in [3.8, 4) is 6.07 Å². The number of nitrogens with zero attached hydrogens (tertiary/aromatic N) is 4. The number of amidine groups is 1. The predicted octanol–water partition coefficient (Wildman–Crippen LogP) is 5.11. The molecule has 0 unspecified atom stereocenters. The number of aliphatic imine (C=N–C) groups is 1. The summed E-state index contributed by atoms with van der Waals surface area (Å²) in [6, 6.07) is 18.9. The maximum Gasteiger partial charge on any atom is 0.177 e. The molecule has 4 heterocycles. The van der Waals surface area contributed by atoms with E-state index in [0.717, 1.165) is 62.9 Å². The van der Waals surface area contributed by atoms with Gasteiger partial charge in [-0.3, -0.25) is 4.99 Å². The zero-order valence-electron chi connectivity index (χ0n) is 29.2. The molecule has 0 bridgehead atoms. The fraction of sp³-hybridized carbons (Fsp3) is 0.278. The first-order valence-corrected chi connectivity index (χ1v) is 21.6. The number of H-pyrrole nitrogens is 1. The van der Waals surface area contributed by atoms with Gasteiger partial charge < -0.3 is 19.4 Å². The summed E-state index contributed by atoms with van der Waals surface area (Å²) in [5.74, 6) is 0.908. The Morgan fingerprint density at radius 2 is 1.20 bits per heavy atom.